The van der Waals surface area contributed by atoms with Gasteiger partial charge < -0.3 is 14.7 Å². The fourth-order valence-electron chi connectivity index (χ4n) is 5.22. The van der Waals surface area contributed by atoms with Crippen LogP contribution in [0.15, 0.2) is 0 Å². The third kappa shape index (κ3) is 17.9. The largest absolute Gasteiger partial charge is 0.342 e. The number of carbonyl (C=O) groups is 2. The van der Waals surface area contributed by atoms with Gasteiger partial charge in [0.1, 0.15) is 0 Å². The van der Waals surface area contributed by atoms with Crippen LogP contribution in [-0.2, 0) is 9.59 Å². The summed E-state index contributed by atoms with van der Waals surface area (Å²) in [5.74, 6) is 0.237. The van der Waals surface area contributed by atoms with Crippen molar-refractivity contribution in [3.8, 4) is 0 Å². The molecule has 6 heteroatoms. The number of hydrogen-bond donors (Lipinski definition) is 0. The molecule has 0 atom stereocenters. The van der Waals surface area contributed by atoms with Crippen molar-refractivity contribution in [2.45, 2.75) is 124 Å². The molecule has 0 aromatic rings. The highest BCUT2D eigenvalue weighted by molar-refractivity contribution is 5.78. The predicted octanol–water partition coefficient (Wildman–Crippen LogP) is 6.19. The highest BCUT2D eigenvalue weighted by atomic mass is 16.2. The maximum Gasteiger partial charge on any atom is 0.236 e. The van der Waals surface area contributed by atoms with E-state index in [1.165, 1.54) is 116 Å². The summed E-state index contributed by atoms with van der Waals surface area (Å²) in [7, 11) is 0. The molecule has 2 amide bonds. The lowest BCUT2D eigenvalue weighted by molar-refractivity contribution is -0.136. The summed E-state index contributed by atoms with van der Waals surface area (Å²) < 4.78 is 0. The molecule has 0 saturated carbocycles. The first-order chi connectivity index (χ1) is 18.1. The van der Waals surface area contributed by atoms with E-state index >= 15 is 0 Å². The molecule has 1 heterocycles. The van der Waals surface area contributed by atoms with E-state index in [0.717, 1.165) is 26.0 Å². The molecule has 1 saturated heterocycles. The standard InChI is InChI=1S/C31H62N4O2/c1-4-7-10-12-14-16-18-21-32(20-9-6-3)23-24-33(22-19-17-15-13-11-8-5-2)29-31(37)35-27-25-34(30-36)26-28-35/h30H,4-29H2,1-3H3. The zero-order valence-electron chi connectivity index (χ0n) is 25.1. The molecule has 0 aromatic heterocycles. The molecule has 1 aliphatic rings. The Morgan fingerprint density at radius 3 is 1.51 bits per heavy atom. The Hall–Kier alpha value is -1.14. The van der Waals surface area contributed by atoms with Gasteiger partial charge in [-0.2, -0.15) is 0 Å². The zero-order chi connectivity index (χ0) is 27.0. The Labute approximate surface area is 230 Å². The lowest BCUT2D eigenvalue weighted by Crippen LogP contribution is -2.51. The van der Waals surface area contributed by atoms with Crippen molar-refractivity contribution >= 4 is 12.3 Å². The summed E-state index contributed by atoms with van der Waals surface area (Å²) in [4.78, 5) is 33.0. The van der Waals surface area contributed by atoms with E-state index in [2.05, 4.69) is 30.6 Å². The third-order valence-electron chi connectivity index (χ3n) is 7.89. The summed E-state index contributed by atoms with van der Waals surface area (Å²) in [6, 6.07) is 0. The molecule has 0 aromatic carbocycles. The SMILES string of the molecule is CCCCCCCCCN(CCCC)CCN(CCCCCCCCC)CC(=O)N1CCN(C=O)CC1. The van der Waals surface area contributed by atoms with Crippen molar-refractivity contribution in [2.75, 3.05) is 65.4 Å². The summed E-state index contributed by atoms with van der Waals surface area (Å²) >= 11 is 0. The zero-order valence-corrected chi connectivity index (χ0v) is 25.1. The Balaban J connectivity index is 2.52. The van der Waals surface area contributed by atoms with Crippen LogP contribution < -0.4 is 0 Å². The summed E-state index contributed by atoms with van der Waals surface area (Å²) in [6.45, 7) is 15.5. The minimum atomic E-state index is 0.237. The predicted molar refractivity (Wildman–Crippen MR) is 158 cm³/mol. The number of nitrogens with zero attached hydrogens (tertiary/aromatic N) is 4. The van der Waals surface area contributed by atoms with E-state index in [1.54, 1.807) is 4.90 Å². The Morgan fingerprint density at radius 1 is 0.568 bits per heavy atom. The van der Waals surface area contributed by atoms with E-state index in [4.69, 9.17) is 0 Å². The molecule has 0 unspecified atom stereocenters. The maximum atomic E-state index is 13.1. The minimum Gasteiger partial charge on any atom is -0.342 e. The van der Waals surface area contributed by atoms with Crippen LogP contribution in [0.25, 0.3) is 0 Å². The lowest BCUT2D eigenvalue weighted by atomic mass is 10.1. The molecule has 218 valence electrons. The van der Waals surface area contributed by atoms with Crippen molar-refractivity contribution in [3.63, 3.8) is 0 Å². The van der Waals surface area contributed by atoms with Crippen molar-refractivity contribution in [2.24, 2.45) is 0 Å². The van der Waals surface area contributed by atoms with Crippen molar-refractivity contribution in [1.29, 1.82) is 0 Å². The fourth-order valence-corrected chi connectivity index (χ4v) is 5.22. The molecule has 0 bridgehead atoms. The number of carbonyl (C=O) groups excluding carboxylic acids is 2. The van der Waals surface area contributed by atoms with Gasteiger partial charge in [0, 0.05) is 39.3 Å². The van der Waals surface area contributed by atoms with Gasteiger partial charge in [-0.3, -0.25) is 14.5 Å². The molecular formula is C31H62N4O2. The molecule has 0 spiro atoms. The Morgan fingerprint density at radius 2 is 1.00 bits per heavy atom. The molecule has 6 nitrogen and oxygen atoms in total. The van der Waals surface area contributed by atoms with Crippen molar-refractivity contribution in [1.82, 2.24) is 19.6 Å². The van der Waals surface area contributed by atoms with Gasteiger partial charge in [-0.15, -0.1) is 0 Å². The number of unbranched alkanes of at least 4 members (excludes halogenated alkanes) is 13. The summed E-state index contributed by atoms with van der Waals surface area (Å²) in [6.07, 6.45) is 22.0. The van der Waals surface area contributed by atoms with Gasteiger partial charge in [0.25, 0.3) is 0 Å². The van der Waals surface area contributed by atoms with Crippen LogP contribution in [0.2, 0.25) is 0 Å². The van der Waals surface area contributed by atoms with Crippen molar-refractivity contribution < 1.29 is 9.59 Å². The van der Waals surface area contributed by atoms with Gasteiger partial charge in [0.15, 0.2) is 0 Å². The smallest absolute Gasteiger partial charge is 0.236 e. The first-order valence-electron chi connectivity index (χ1n) is 16.1. The van der Waals surface area contributed by atoms with Gasteiger partial charge in [-0.25, -0.2) is 0 Å². The van der Waals surface area contributed by atoms with Gasteiger partial charge in [-0.05, 0) is 38.9 Å². The van der Waals surface area contributed by atoms with Crippen LogP contribution in [-0.4, -0.2) is 97.4 Å². The first kappa shape index (κ1) is 33.9. The minimum absolute atomic E-state index is 0.237. The topological polar surface area (TPSA) is 47.1 Å². The summed E-state index contributed by atoms with van der Waals surface area (Å²) in [5, 5.41) is 0. The third-order valence-corrected chi connectivity index (χ3v) is 7.89. The normalized spacial score (nSPS) is 14.2. The molecule has 0 radical (unpaired) electrons. The average Bonchev–Trinajstić information content (AvgIpc) is 2.92. The average molecular weight is 523 g/mol. The molecular weight excluding hydrogens is 460 g/mol. The Kier molecular flexibility index (Phi) is 21.9. The second-order valence-corrected chi connectivity index (χ2v) is 11.2. The van der Waals surface area contributed by atoms with Crippen LogP contribution in [0.3, 0.4) is 0 Å². The molecule has 0 aliphatic carbocycles. The van der Waals surface area contributed by atoms with Crippen LogP contribution in [0, 0.1) is 0 Å². The van der Waals surface area contributed by atoms with Crippen LogP contribution in [0.4, 0.5) is 0 Å². The fraction of sp³-hybridized carbons (Fsp3) is 0.935. The second kappa shape index (κ2) is 23.9. The highest BCUT2D eigenvalue weighted by Crippen LogP contribution is 2.11. The van der Waals surface area contributed by atoms with Crippen molar-refractivity contribution in [3.05, 3.63) is 0 Å². The first-order valence-corrected chi connectivity index (χ1v) is 16.1. The van der Waals surface area contributed by atoms with E-state index in [0.29, 0.717) is 32.7 Å². The van der Waals surface area contributed by atoms with Crippen LogP contribution in [0.5, 0.6) is 0 Å². The molecule has 1 fully saturated rings. The monoisotopic (exact) mass is 522 g/mol. The van der Waals surface area contributed by atoms with Gasteiger partial charge in [0.2, 0.25) is 12.3 Å². The lowest BCUT2D eigenvalue weighted by Gasteiger charge is -2.34. The number of rotatable bonds is 25. The van der Waals surface area contributed by atoms with E-state index in [9.17, 15) is 9.59 Å². The van der Waals surface area contributed by atoms with E-state index in [-0.39, 0.29) is 5.91 Å². The number of amides is 2. The van der Waals surface area contributed by atoms with E-state index < -0.39 is 0 Å². The Bertz CT molecular complexity index is 537. The highest BCUT2D eigenvalue weighted by Gasteiger charge is 2.22. The summed E-state index contributed by atoms with van der Waals surface area (Å²) in [5.41, 5.74) is 0. The maximum absolute atomic E-state index is 13.1. The van der Waals surface area contributed by atoms with Gasteiger partial charge >= 0.3 is 0 Å². The van der Waals surface area contributed by atoms with Gasteiger partial charge in [-0.1, -0.05) is 104 Å². The molecule has 0 N–H and O–H groups in total. The van der Waals surface area contributed by atoms with Crippen LogP contribution >= 0.6 is 0 Å². The second-order valence-electron chi connectivity index (χ2n) is 11.2. The quantitative estimate of drug-likeness (QED) is 0.106. The molecule has 37 heavy (non-hydrogen) atoms. The van der Waals surface area contributed by atoms with E-state index in [1.807, 2.05) is 4.90 Å². The van der Waals surface area contributed by atoms with Crippen LogP contribution in [0.1, 0.15) is 124 Å². The molecule has 1 rings (SSSR count). The van der Waals surface area contributed by atoms with Gasteiger partial charge in [0.05, 0.1) is 6.54 Å². The molecule has 1 aliphatic heterocycles. The number of piperazine rings is 1. The number of hydrogen-bond acceptors (Lipinski definition) is 4.